The second kappa shape index (κ2) is 7.53. The van der Waals surface area contributed by atoms with Crippen molar-refractivity contribution in [2.45, 2.75) is 19.3 Å². The Morgan fingerprint density at radius 3 is 2.59 bits per heavy atom. The number of carbonyl (C=O) groups is 1. The quantitative estimate of drug-likeness (QED) is 0.638. The first-order chi connectivity index (χ1) is 13.2. The second-order valence-electron chi connectivity index (χ2n) is 7.42. The minimum absolute atomic E-state index is 0.123. The maximum absolute atomic E-state index is 13.4. The maximum Gasteiger partial charge on any atom is 0.268 e. The Labute approximate surface area is 158 Å². The number of carbonyl (C=O) groups excluding carboxylic acids is 1. The van der Waals surface area contributed by atoms with Gasteiger partial charge in [-0.05, 0) is 61.4 Å². The predicted molar refractivity (Wildman–Crippen MR) is 106 cm³/mol. The molecule has 0 radical (unpaired) electrons. The number of nitrogens with two attached hydrogens (primary N) is 1. The molecule has 3 aromatic rings. The third-order valence-electron chi connectivity index (χ3n) is 5.60. The van der Waals surface area contributed by atoms with Gasteiger partial charge in [0.25, 0.3) is 5.91 Å². The van der Waals surface area contributed by atoms with E-state index in [-0.39, 0.29) is 11.7 Å². The normalized spacial score (nSPS) is 19.5. The first-order valence-corrected chi connectivity index (χ1v) is 9.50. The van der Waals surface area contributed by atoms with Crippen molar-refractivity contribution < 1.29 is 9.18 Å². The molecule has 1 amide bonds. The van der Waals surface area contributed by atoms with Crippen LogP contribution < -0.4 is 11.1 Å². The van der Waals surface area contributed by atoms with E-state index in [2.05, 4.69) is 10.3 Å². The molecule has 0 saturated heterocycles. The summed E-state index contributed by atoms with van der Waals surface area (Å²) in [7, 11) is 0. The number of hydrogen-bond acceptors (Lipinski definition) is 2. The molecule has 1 aliphatic carbocycles. The highest BCUT2D eigenvalue weighted by Gasteiger charge is 2.25. The van der Waals surface area contributed by atoms with Gasteiger partial charge in [-0.1, -0.05) is 30.3 Å². The zero-order valence-electron chi connectivity index (χ0n) is 15.2. The number of hydrogen-bond donors (Lipinski definition) is 3. The Morgan fingerprint density at radius 1 is 1.11 bits per heavy atom. The van der Waals surface area contributed by atoms with Crippen LogP contribution in [0, 0.1) is 17.7 Å². The van der Waals surface area contributed by atoms with Crippen molar-refractivity contribution >= 4 is 16.8 Å². The summed E-state index contributed by atoms with van der Waals surface area (Å²) < 4.78 is 13.4. The maximum atomic E-state index is 13.4. The topological polar surface area (TPSA) is 70.9 Å². The van der Waals surface area contributed by atoms with Crippen LogP contribution >= 0.6 is 0 Å². The summed E-state index contributed by atoms with van der Waals surface area (Å²) in [6, 6.07) is 14.1. The molecule has 2 aromatic carbocycles. The molecule has 1 aromatic heterocycles. The van der Waals surface area contributed by atoms with E-state index in [0.29, 0.717) is 24.1 Å². The minimum atomic E-state index is -0.291. The molecule has 0 bridgehead atoms. The number of rotatable bonds is 5. The average Bonchev–Trinajstić information content (AvgIpc) is 3.31. The summed E-state index contributed by atoms with van der Waals surface area (Å²) in [6.45, 7) is 1.38. The molecule has 140 valence electrons. The fourth-order valence-corrected chi connectivity index (χ4v) is 4.13. The Bertz CT molecular complexity index is 948. The highest BCUT2D eigenvalue weighted by molar-refractivity contribution is 6.09. The van der Waals surface area contributed by atoms with Crippen LogP contribution in [0.25, 0.3) is 22.0 Å². The van der Waals surface area contributed by atoms with Gasteiger partial charge in [0, 0.05) is 23.0 Å². The molecule has 1 aliphatic rings. The highest BCUT2D eigenvalue weighted by Crippen LogP contribution is 2.33. The number of aromatic amines is 1. The molecule has 4 nitrogen and oxygen atoms in total. The molecule has 2 atom stereocenters. The van der Waals surface area contributed by atoms with E-state index in [1.807, 2.05) is 24.3 Å². The summed E-state index contributed by atoms with van der Waals surface area (Å²) in [5.41, 5.74) is 8.82. The molecule has 1 heterocycles. The van der Waals surface area contributed by atoms with E-state index < -0.39 is 0 Å². The van der Waals surface area contributed by atoms with Crippen molar-refractivity contribution in [3.05, 3.63) is 60.0 Å². The van der Waals surface area contributed by atoms with E-state index in [1.165, 1.54) is 12.1 Å². The summed E-state index contributed by atoms with van der Waals surface area (Å²) in [5, 5.41) is 4.04. The number of nitrogens with one attached hydrogen (secondary N) is 2. The smallest absolute Gasteiger partial charge is 0.268 e. The molecule has 0 unspecified atom stereocenters. The zero-order chi connectivity index (χ0) is 18.8. The van der Waals surface area contributed by atoms with Gasteiger partial charge >= 0.3 is 0 Å². The molecule has 1 saturated carbocycles. The molecular formula is C22H24FN3O. The van der Waals surface area contributed by atoms with E-state index in [0.717, 1.165) is 47.8 Å². The number of aromatic nitrogens is 1. The predicted octanol–water partition coefficient (Wildman–Crippen LogP) is 4.08. The average molecular weight is 365 g/mol. The van der Waals surface area contributed by atoms with Crippen LogP contribution in [0.5, 0.6) is 0 Å². The monoisotopic (exact) mass is 365 g/mol. The Morgan fingerprint density at radius 2 is 1.85 bits per heavy atom. The molecule has 4 rings (SSSR count). The van der Waals surface area contributed by atoms with Gasteiger partial charge in [-0.3, -0.25) is 4.79 Å². The molecule has 0 spiro atoms. The van der Waals surface area contributed by atoms with Crippen molar-refractivity contribution in [3.63, 3.8) is 0 Å². The van der Waals surface area contributed by atoms with Gasteiger partial charge in [-0.15, -0.1) is 0 Å². The van der Waals surface area contributed by atoms with Gasteiger partial charge in [0.2, 0.25) is 0 Å². The largest absolute Gasteiger partial charge is 0.350 e. The third-order valence-corrected chi connectivity index (χ3v) is 5.60. The van der Waals surface area contributed by atoms with Gasteiger partial charge in [0.05, 0.1) is 0 Å². The Hall–Kier alpha value is -2.66. The Balaban J connectivity index is 1.62. The summed E-state index contributed by atoms with van der Waals surface area (Å²) in [6.07, 6.45) is 3.33. The number of fused-ring (bicyclic) bond motifs is 1. The number of benzene rings is 2. The summed E-state index contributed by atoms with van der Waals surface area (Å²) >= 11 is 0. The van der Waals surface area contributed by atoms with Gasteiger partial charge in [0.1, 0.15) is 11.5 Å². The van der Waals surface area contributed by atoms with Crippen LogP contribution in [0.3, 0.4) is 0 Å². The van der Waals surface area contributed by atoms with Crippen LogP contribution in [0.15, 0.2) is 48.5 Å². The summed E-state index contributed by atoms with van der Waals surface area (Å²) in [4.78, 5) is 16.2. The van der Waals surface area contributed by atoms with Gasteiger partial charge < -0.3 is 16.0 Å². The van der Waals surface area contributed by atoms with Gasteiger partial charge in [0.15, 0.2) is 0 Å². The van der Waals surface area contributed by atoms with E-state index >= 15 is 0 Å². The van der Waals surface area contributed by atoms with E-state index in [9.17, 15) is 9.18 Å². The molecule has 4 N–H and O–H groups in total. The SMILES string of the molecule is NC[C@@H]1CC[C@H](CNC(=O)c2[nH]c3ccccc3c2-c2ccc(F)cc2)C1. The lowest BCUT2D eigenvalue weighted by molar-refractivity contribution is 0.0943. The van der Waals surface area contributed by atoms with Crippen molar-refractivity contribution in [3.8, 4) is 11.1 Å². The fraction of sp³-hybridized carbons (Fsp3) is 0.318. The summed E-state index contributed by atoms with van der Waals surface area (Å²) in [5.74, 6) is 0.651. The van der Waals surface area contributed by atoms with Gasteiger partial charge in [-0.25, -0.2) is 4.39 Å². The second-order valence-corrected chi connectivity index (χ2v) is 7.42. The third kappa shape index (κ3) is 3.60. The number of amides is 1. The Kier molecular flexibility index (Phi) is 4.94. The lowest BCUT2D eigenvalue weighted by atomic mass is 10.0. The van der Waals surface area contributed by atoms with Crippen molar-refractivity contribution in [2.24, 2.45) is 17.6 Å². The van der Waals surface area contributed by atoms with Crippen LogP contribution in [0.1, 0.15) is 29.8 Å². The number of H-pyrrole nitrogens is 1. The highest BCUT2D eigenvalue weighted by atomic mass is 19.1. The van der Waals surface area contributed by atoms with Crippen LogP contribution in [-0.4, -0.2) is 24.0 Å². The molecule has 0 aliphatic heterocycles. The van der Waals surface area contributed by atoms with Crippen molar-refractivity contribution in [2.75, 3.05) is 13.1 Å². The van der Waals surface area contributed by atoms with Gasteiger partial charge in [-0.2, -0.15) is 0 Å². The van der Waals surface area contributed by atoms with E-state index in [1.54, 1.807) is 12.1 Å². The van der Waals surface area contributed by atoms with Crippen LogP contribution in [-0.2, 0) is 0 Å². The van der Waals surface area contributed by atoms with Crippen LogP contribution in [0.2, 0.25) is 0 Å². The van der Waals surface area contributed by atoms with Crippen LogP contribution in [0.4, 0.5) is 4.39 Å². The first-order valence-electron chi connectivity index (χ1n) is 9.50. The lowest BCUT2D eigenvalue weighted by Crippen LogP contribution is -2.29. The number of para-hydroxylation sites is 1. The van der Waals surface area contributed by atoms with Crippen molar-refractivity contribution in [1.29, 1.82) is 0 Å². The molecule has 27 heavy (non-hydrogen) atoms. The zero-order valence-corrected chi connectivity index (χ0v) is 15.2. The van der Waals surface area contributed by atoms with E-state index in [4.69, 9.17) is 5.73 Å². The minimum Gasteiger partial charge on any atom is -0.350 e. The molecule has 5 heteroatoms. The lowest BCUT2D eigenvalue weighted by Gasteiger charge is -2.12. The number of halogens is 1. The van der Waals surface area contributed by atoms with Crippen molar-refractivity contribution in [1.82, 2.24) is 10.3 Å². The fourth-order valence-electron chi connectivity index (χ4n) is 4.13. The molecule has 1 fully saturated rings. The standard InChI is InChI=1S/C22H24FN3O/c23-17-9-7-16(8-10-17)20-18-3-1-2-4-19(18)26-21(20)22(27)25-13-15-6-5-14(11-15)12-24/h1-4,7-10,14-15,26H,5-6,11-13,24H2,(H,25,27)/t14-,15+/m1/s1. The first kappa shape index (κ1) is 17.7. The molecular weight excluding hydrogens is 341 g/mol.